The fraction of sp³-hybridized carbons (Fsp3) is 0.500. The van der Waals surface area contributed by atoms with Crippen molar-refractivity contribution >= 4 is 5.97 Å². The van der Waals surface area contributed by atoms with Gasteiger partial charge in [-0.3, -0.25) is 0 Å². The second-order valence-electron chi connectivity index (χ2n) is 1.29. The summed E-state index contributed by atoms with van der Waals surface area (Å²) in [5.41, 5.74) is 0. The van der Waals surface area contributed by atoms with E-state index in [1.807, 2.05) is 0 Å². The minimum absolute atomic E-state index is 0. The molecule has 0 spiro atoms. The summed E-state index contributed by atoms with van der Waals surface area (Å²) in [7, 11) is 0. The molecule has 0 saturated carbocycles. The summed E-state index contributed by atoms with van der Waals surface area (Å²) in [6, 6.07) is 0. The van der Waals surface area contributed by atoms with Crippen LogP contribution in [0.15, 0.2) is 0 Å². The third-order valence-electron chi connectivity index (χ3n) is 0.408. The van der Waals surface area contributed by atoms with E-state index < -0.39 is 5.97 Å². The average Bonchev–Trinajstić information content (AvgIpc) is 1.36. The minimum Gasteiger partial charge on any atom is -0.584 e. The van der Waals surface area contributed by atoms with Gasteiger partial charge in [0.1, 0.15) is 0 Å². The van der Waals surface area contributed by atoms with Crippen LogP contribution in [0.4, 0.5) is 0 Å². The van der Waals surface area contributed by atoms with E-state index >= 15 is 0 Å². The molecule has 36 valence electrons. The van der Waals surface area contributed by atoms with Crippen molar-refractivity contribution < 1.29 is 47.6 Å². The van der Waals surface area contributed by atoms with Crippen molar-refractivity contribution in [1.82, 2.24) is 0 Å². The van der Waals surface area contributed by atoms with Crippen molar-refractivity contribution in [1.29, 1.82) is 0 Å². The number of carbonyl (C=O) groups is 1. The molecule has 0 aliphatic carbocycles. The van der Waals surface area contributed by atoms with Crippen molar-refractivity contribution in [2.45, 2.75) is 13.8 Å². The summed E-state index contributed by atoms with van der Waals surface area (Å²) in [4.78, 5) is 9.55. The fourth-order valence-corrected chi connectivity index (χ4v) is 0. The fourth-order valence-electron chi connectivity index (χ4n) is 0. The van der Waals surface area contributed by atoms with Gasteiger partial charge in [-0.15, -0.1) is 0 Å². The molecular formula is C4H6Li2O2. The van der Waals surface area contributed by atoms with E-state index in [0.717, 1.165) is 0 Å². The average molecular weight is 100.0 g/mol. The van der Waals surface area contributed by atoms with Gasteiger partial charge in [0.05, 0.1) is 0 Å². The Balaban J connectivity index is -0.000000125. The molecule has 0 unspecified atom stereocenters. The van der Waals surface area contributed by atoms with Crippen molar-refractivity contribution in [3.05, 3.63) is 5.92 Å². The predicted octanol–water partition coefficient (Wildman–Crippen LogP) is -6.64. The minimum atomic E-state index is -1.07. The summed E-state index contributed by atoms with van der Waals surface area (Å²) in [5.74, 6) is -0.759. The van der Waals surface area contributed by atoms with E-state index in [-0.39, 0.29) is 37.7 Å². The monoisotopic (exact) mass is 100 g/mol. The van der Waals surface area contributed by atoms with Crippen LogP contribution in [0.2, 0.25) is 0 Å². The molecule has 0 aliphatic rings. The third-order valence-corrected chi connectivity index (χ3v) is 0.408. The maximum atomic E-state index is 9.55. The van der Waals surface area contributed by atoms with Gasteiger partial charge < -0.3 is 15.8 Å². The van der Waals surface area contributed by atoms with Crippen molar-refractivity contribution in [2.75, 3.05) is 0 Å². The van der Waals surface area contributed by atoms with Gasteiger partial charge in [0.2, 0.25) is 0 Å². The number of rotatable bonds is 1. The van der Waals surface area contributed by atoms with Gasteiger partial charge in [0, 0.05) is 0 Å². The van der Waals surface area contributed by atoms with E-state index in [9.17, 15) is 9.90 Å². The molecular weight excluding hydrogens is 93.9 g/mol. The standard InChI is InChI=1S/C4H7O2.2Li/c1-3(2)4(5)6;;/h1-2H3,(H,5,6);;/q-1;2*+1/p-1. The smallest absolute Gasteiger partial charge is 0.584 e. The van der Waals surface area contributed by atoms with Crippen molar-refractivity contribution in [3.63, 3.8) is 0 Å². The van der Waals surface area contributed by atoms with Crippen LogP contribution in [0.25, 0.3) is 0 Å². The number of carbonyl (C=O) groups excluding carboxylic acids is 1. The van der Waals surface area contributed by atoms with Gasteiger partial charge in [0.15, 0.2) is 0 Å². The quantitative estimate of drug-likeness (QED) is 0.243. The third kappa shape index (κ3) is 9.73. The Labute approximate surface area is 73.4 Å². The zero-order valence-corrected chi connectivity index (χ0v) is 5.82. The van der Waals surface area contributed by atoms with Crippen molar-refractivity contribution in [2.24, 2.45) is 0 Å². The van der Waals surface area contributed by atoms with Crippen LogP contribution in [-0.4, -0.2) is 5.97 Å². The van der Waals surface area contributed by atoms with E-state index in [4.69, 9.17) is 0 Å². The van der Waals surface area contributed by atoms with E-state index in [1.165, 1.54) is 13.8 Å². The molecule has 8 heavy (non-hydrogen) atoms. The molecule has 0 bridgehead atoms. The summed E-state index contributed by atoms with van der Waals surface area (Å²) in [6.45, 7) is 2.99. The molecule has 0 heterocycles. The second-order valence-corrected chi connectivity index (χ2v) is 1.29. The van der Waals surface area contributed by atoms with E-state index in [0.29, 0.717) is 5.92 Å². The molecule has 0 aromatic carbocycles. The molecule has 2 nitrogen and oxygen atoms in total. The molecule has 0 aromatic rings. The Kier molecular flexibility index (Phi) is 14.9. The number of hydrogen-bond donors (Lipinski definition) is 0. The molecule has 0 fully saturated rings. The summed E-state index contributed by atoms with van der Waals surface area (Å²) < 4.78 is 0. The normalized spacial score (nSPS) is 5.75. The van der Waals surface area contributed by atoms with Crippen LogP contribution in [0.3, 0.4) is 0 Å². The van der Waals surface area contributed by atoms with Gasteiger partial charge in [-0.05, 0) is 0 Å². The molecule has 0 radical (unpaired) electrons. The van der Waals surface area contributed by atoms with Gasteiger partial charge in [-0.2, -0.15) is 13.8 Å². The van der Waals surface area contributed by atoms with E-state index in [2.05, 4.69) is 0 Å². The van der Waals surface area contributed by atoms with Gasteiger partial charge in [0.25, 0.3) is 0 Å². The first-order chi connectivity index (χ1) is 2.64. The largest absolute Gasteiger partial charge is 1.00 e. The second kappa shape index (κ2) is 7.53. The Morgan fingerprint density at radius 2 is 1.50 bits per heavy atom. The predicted molar refractivity (Wildman–Crippen MR) is 19.6 cm³/mol. The Morgan fingerprint density at radius 1 is 1.38 bits per heavy atom. The topological polar surface area (TPSA) is 40.1 Å². The first-order valence-corrected chi connectivity index (χ1v) is 1.66. The first kappa shape index (κ1) is 15.8. The molecule has 4 heteroatoms. The summed E-state index contributed by atoms with van der Waals surface area (Å²) in [6.07, 6.45) is 0. The van der Waals surface area contributed by atoms with Crippen LogP contribution < -0.4 is 42.8 Å². The summed E-state index contributed by atoms with van der Waals surface area (Å²) in [5, 5.41) is 9.55. The number of hydrogen-bond acceptors (Lipinski definition) is 2. The van der Waals surface area contributed by atoms with Gasteiger partial charge in [-0.1, -0.05) is 5.97 Å². The number of aliphatic carboxylic acids is 1. The molecule has 0 N–H and O–H groups in total. The van der Waals surface area contributed by atoms with E-state index in [1.54, 1.807) is 0 Å². The first-order valence-electron chi connectivity index (χ1n) is 1.66. The Morgan fingerprint density at radius 3 is 1.50 bits per heavy atom. The van der Waals surface area contributed by atoms with Crippen molar-refractivity contribution in [3.8, 4) is 0 Å². The SMILES string of the molecule is C[C-](C)C(=O)[O-].[Li+].[Li+]. The van der Waals surface area contributed by atoms with Crippen LogP contribution >= 0.6 is 0 Å². The molecule has 0 saturated heterocycles. The molecule has 0 rings (SSSR count). The van der Waals surface area contributed by atoms with Gasteiger partial charge >= 0.3 is 37.7 Å². The maximum Gasteiger partial charge on any atom is 1.00 e. The maximum absolute atomic E-state index is 9.55. The van der Waals surface area contributed by atoms with Crippen LogP contribution in [0, 0.1) is 5.92 Å². The van der Waals surface area contributed by atoms with Gasteiger partial charge in [-0.25, -0.2) is 0 Å². The zero-order chi connectivity index (χ0) is 5.15. The Bertz CT molecular complexity index is 63.1. The zero-order valence-electron chi connectivity index (χ0n) is 5.82. The number of carboxylic acids is 1. The van der Waals surface area contributed by atoms with Crippen LogP contribution in [0.5, 0.6) is 0 Å². The van der Waals surface area contributed by atoms with Crippen LogP contribution in [-0.2, 0) is 4.79 Å². The molecule has 0 aromatic heterocycles. The molecule has 0 aliphatic heterocycles. The summed E-state index contributed by atoms with van der Waals surface area (Å²) >= 11 is 0. The molecule has 0 amide bonds. The number of carboxylic acid groups (broad SMARTS) is 1. The van der Waals surface area contributed by atoms with Crippen LogP contribution in [0.1, 0.15) is 13.8 Å². The molecule has 0 atom stereocenters. The Hall–Kier alpha value is 0.535.